The highest BCUT2D eigenvalue weighted by Crippen LogP contribution is 2.14. The second kappa shape index (κ2) is 6.25. The average Bonchev–Trinajstić information content (AvgIpc) is 2.33. The van der Waals surface area contributed by atoms with Crippen molar-refractivity contribution in [3.8, 4) is 0 Å². The number of rotatable bonds is 5. The summed E-state index contributed by atoms with van der Waals surface area (Å²) in [6.45, 7) is 5.14. The fourth-order valence-corrected chi connectivity index (χ4v) is 1.66. The number of aliphatic hydroxyl groups is 1. The Kier molecular flexibility index (Phi) is 4.97. The number of nitrogens with two attached hydrogens (primary N) is 1. The quantitative estimate of drug-likeness (QED) is 0.760. The normalized spacial score (nSPS) is 10.3. The number of anilines is 1. The van der Waals surface area contributed by atoms with Crippen LogP contribution < -0.4 is 5.73 Å². The van der Waals surface area contributed by atoms with Gasteiger partial charge in [-0.25, -0.2) is 0 Å². The zero-order chi connectivity index (χ0) is 12.8. The number of hydrogen-bond acceptors (Lipinski definition) is 3. The first-order valence-electron chi connectivity index (χ1n) is 5.86. The second-order valence-electron chi connectivity index (χ2n) is 4.03. The zero-order valence-corrected chi connectivity index (χ0v) is 10.4. The third kappa shape index (κ3) is 3.46. The van der Waals surface area contributed by atoms with Gasteiger partial charge in [-0.05, 0) is 44.0 Å². The van der Waals surface area contributed by atoms with E-state index in [1.165, 1.54) is 0 Å². The summed E-state index contributed by atoms with van der Waals surface area (Å²) in [5, 5.41) is 8.79. The van der Waals surface area contributed by atoms with Crippen molar-refractivity contribution in [3.05, 3.63) is 29.3 Å². The van der Waals surface area contributed by atoms with Crippen molar-refractivity contribution in [2.75, 3.05) is 25.4 Å². The standard InChI is InChI=1S/C13H20N2O2/c1-3-15(7-4-8-16)13(17)11-5-6-12(14)10(2)9-11/h5-6,9,16H,3-4,7-8,14H2,1-2H3. The van der Waals surface area contributed by atoms with Crippen LogP contribution in [-0.2, 0) is 0 Å². The van der Waals surface area contributed by atoms with E-state index in [0.717, 1.165) is 5.56 Å². The zero-order valence-electron chi connectivity index (χ0n) is 10.4. The third-order valence-electron chi connectivity index (χ3n) is 2.77. The molecule has 17 heavy (non-hydrogen) atoms. The maximum absolute atomic E-state index is 12.1. The van der Waals surface area contributed by atoms with Crippen molar-refractivity contribution < 1.29 is 9.90 Å². The van der Waals surface area contributed by atoms with Crippen molar-refractivity contribution in [3.63, 3.8) is 0 Å². The topological polar surface area (TPSA) is 66.6 Å². The summed E-state index contributed by atoms with van der Waals surface area (Å²) < 4.78 is 0. The summed E-state index contributed by atoms with van der Waals surface area (Å²) in [4.78, 5) is 13.9. The molecule has 94 valence electrons. The first-order valence-corrected chi connectivity index (χ1v) is 5.86. The van der Waals surface area contributed by atoms with Gasteiger partial charge >= 0.3 is 0 Å². The van der Waals surface area contributed by atoms with E-state index in [4.69, 9.17) is 10.8 Å². The minimum absolute atomic E-state index is 0.0101. The molecule has 0 saturated carbocycles. The fraction of sp³-hybridized carbons (Fsp3) is 0.462. The number of nitrogens with zero attached hydrogens (tertiary/aromatic N) is 1. The molecule has 4 nitrogen and oxygen atoms in total. The van der Waals surface area contributed by atoms with Crippen LogP contribution in [0.4, 0.5) is 5.69 Å². The van der Waals surface area contributed by atoms with Crippen molar-refractivity contribution >= 4 is 11.6 Å². The molecule has 1 amide bonds. The van der Waals surface area contributed by atoms with Gasteiger partial charge in [-0.1, -0.05) is 0 Å². The molecule has 0 fully saturated rings. The van der Waals surface area contributed by atoms with E-state index < -0.39 is 0 Å². The summed E-state index contributed by atoms with van der Waals surface area (Å²) in [6, 6.07) is 5.30. The van der Waals surface area contributed by atoms with E-state index in [0.29, 0.717) is 30.8 Å². The molecule has 1 aromatic rings. The van der Waals surface area contributed by atoms with Gasteiger partial charge in [0, 0.05) is 30.9 Å². The highest BCUT2D eigenvalue weighted by molar-refractivity contribution is 5.94. The lowest BCUT2D eigenvalue weighted by Gasteiger charge is -2.20. The Morgan fingerprint density at radius 3 is 2.71 bits per heavy atom. The third-order valence-corrected chi connectivity index (χ3v) is 2.77. The average molecular weight is 236 g/mol. The van der Waals surface area contributed by atoms with E-state index in [1.807, 2.05) is 13.8 Å². The summed E-state index contributed by atoms with van der Waals surface area (Å²) in [6.07, 6.45) is 0.605. The van der Waals surface area contributed by atoms with Gasteiger partial charge in [-0.2, -0.15) is 0 Å². The minimum Gasteiger partial charge on any atom is -0.399 e. The minimum atomic E-state index is -0.0101. The van der Waals surface area contributed by atoms with Crippen LogP contribution in [-0.4, -0.2) is 35.6 Å². The van der Waals surface area contributed by atoms with Gasteiger partial charge in [0.1, 0.15) is 0 Å². The largest absolute Gasteiger partial charge is 0.399 e. The molecule has 0 bridgehead atoms. The fourth-order valence-electron chi connectivity index (χ4n) is 1.66. The first-order chi connectivity index (χ1) is 8.10. The first kappa shape index (κ1) is 13.5. The number of hydrogen-bond donors (Lipinski definition) is 2. The van der Waals surface area contributed by atoms with Crippen LogP contribution in [0.3, 0.4) is 0 Å². The molecule has 0 radical (unpaired) electrons. The monoisotopic (exact) mass is 236 g/mol. The number of carbonyl (C=O) groups excluding carboxylic acids is 1. The van der Waals surface area contributed by atoms with Crippen LogP contribution in [0, 0.1) is 6.92 Å². The lowest BCUT2D eigenvalue weighted by atomic mass is 10.1. The number of aryl methyl sites for hydroxylation is 1. The van der Waals surface area contributed by atoms with Gasteiger partial charge in [-0.3, -0.25) is 4.79 Å². The highest BCUT2D eigenvalue weighted by atomic mass is 16.3. The Labute approximate surface area is 102 Å². The number of benzene rings is 1. The molecule has 1 aromatic carbocycles. The number of aliphatic hydroxyl groups excluding tert-OH is 1. The van der Waals surface area contributed by atoms with Gasteiger partial charge in [0.2, 0.25) is 0 Å². The molecule has 3 N–H and O–H groups in total. The van der Waals surface area contributed by atoms with Gasteiger partial charge in [0.05, 0.1) is 0 Å². The maximum atomic E-state index is 12.1. The second-order valence-corrected chi connectivity index (χ2v) is 4.03. The van der Waals surface area contributed by atoms with Crippen LogP contribution in [0.2, 0.25) is 0 Å². The molecule has 0 aliphatic carbocycles. The maximum Gasteiger partial charge on any atom is 0.253 e. The summed E-state index contributed by atoms with van der Waals surface area (Å²) in [7, 11) is 0. The molecular formula is C13H20N2O2. The van der Waals surface area contributed by atoms with Crippen LogP contribution >= 0.6 is 0 Å². The Bertz CT molecular complexity index is 391. The van der Waals surface area contributed by atoms with E-state index in [9.17, 15) is 4.79 Å². The Morgan fingerprint density at radius 1 is 1.47 bits per heavy atom. The van der Waals surface area contributed by atoms with Crippen molar-refractivity contribution in [2.45, 2.75) is 20.3 Å². The van der Waals surface area contributed by atoms with Gasteiger partial charge in [0.15, 0.2) is 0 Å². The van der Waals surface area contributed by atoms with E-state index in [1.54, 1.807) is 23.1 Å². The summed E-state index contributed by atoms with van der Waals surface area (Å²) in [5.41, 5.74) is 7.97. The number of amides is 1. The van der Waals surface area contributed by atoms with E-state index in [-0.39, 0.29) is 12.5 Å². The predicted molar refractivity (Wildman–Crippen MR) is 68.9 cm³/mol. The van der Waals surface area contributed by atoms with Crippen molar-refractivity contribution in [1.29, 1.82) is 0 Å². The smallest absolute Gasteiger partial charge is 0.253 e. The van der Waals surface area contributed by atoms with Gasteiger partial charge < -0.3 is 15.7 Å². The van der Waals surface area contributed by atoms with Gasteiger partial charge in [0.25, 0.3) is 5.91 Å². The highest BCUT2D eigenvalue weighted by Gasteiger charge is 2.13. The van der Waals surface area contributed by atoms with Crippen LogP contribution in [0.15, 0.2) is 18.2 Å². The molecule has 0 spiro atoms. The number of nitrogen functional groups attached to an aromatic ring is 1. The molecule has 0 aromatic heterocycles. The Morgan fingerprint density at radius 2 is 2.18 bits per heavy atom. The lowest BCUT2D eigenvalue weighted by Crippen LogP contribution is -2.32. The molecule has 0 heterocycles. The van der Waals surface area contributed by atoms with E-state index >= 15 is 0 Å². The van der Waals surface area contributed by atoms with Crippen LogP contribution in [0.1, 0.15) is 29.3 Å². The predicted octanol–water partition coefficient (Wildman–Crippen LogP) is 1.42. The molecule has 0 saturated heterocycles. The molecule has 0 aliphatic rings. The van der Waals surface area contributed by atoms with E-state index in [2.05, 4.69) is 0 Å². The SMILES string of the molecule is CCN(CCCO)C(=O)c1ccc(N)c(C)c1. The Balaban J connectivity index is 2.82. The summed E-state index contributed by atoms with van der Waals surface area (Å²) >= 11 is 0. The summed E-state index contributed by atoms with van der Waals surface area (Å²) in [5.74, 6) is -0.0101. The van der Waals surface area contributed by atoms with Crippen LogP contribution in [0.25, 0.3) is 0 Å². The molecule has 0 aliphatic heterocycles. The molecule has 0 unspecified atom stereocenters. The Hall–Kier alpha value is -1.55. The molecule has 4 heteroatoms. The molecular weight excluding hydrogens is 216 g/mol. The molecule has 1 rings (SSSR count). The molecule has 0 atom stereocenters. The van der Waals surface area contributed by atoms with Gasteiger partial charge in [-0.15, -0.1) is 0 Å². The number of carbonyl (C=O) groups is 1. The van der Waals surface area contributed by atoms with Crippen LogP contribution in [0.5, 0.6) is 0 Å². The van der Waals surface area contributed by atoms with Crippen molar-refractivity contribution in [2.24, 2.45) is 0 Å². The lowest BCUT2D eigenvalue weighted by molar-refractivity contribution is 0.0754. The van der Waals surface area contributed by atoms with Crippen molar-refractivity contribution in [1.82, 2.24) is 4.90 Å².